The second kappa shape index (κ2) is 7.35. The lowest BCUT2D eigenvalue weighted by Gasteiger charge is -2.26. The van der Waals surface area contributed by atoms with E-state index in [1.807, 2.05) is 0 Å². The SMILES string of the molecule is CC[P+](c1ccccc1)(c1ccccc1)c1ccccc1.O. The standard InChI is InChI=1S/C20H20P.H2O/c1-2-21(18-12-6-3-7-13-18,19-14-8-4-9-15-19)20-16-10-5-11-17-20;/h3-17H,2H2,1H3;1H2/q+1;. The molecular formula is C20H22OP+. The first-order chi connectivity index (χ1) is 10.4. The Morgan fingerprint density at radius 3 is 1.05 bits per heavy atom. The summed E-state index contributed by atoms with van der Waals surface area (Å²) in [7, 11) is -1.53. The van der Waals surface area contributed by atoms with Gasteiger partial charge in [0.25, 0.3) is 0 Å². The minimum atomic E-state index is -1.53. The number of hydrogen-bond donors (Lipinski definition) is 0. The highest BCUT2D eigenvalue weighted by molar-refractivity contribution is 7.95. The van der Waals surface area contributed by atoms with Crippen molar-refractivity contribution in [1.29, 1.82) is 0 Å². The van der Waals surface area contributed by atoms with Crippen molar-refractivity contribution >= 4 is 23.2 Å². The van der Waals surface area contributed by atoms with E-state index in [4.69, 9.17) is 0 Å². The molecule has 0 aliphatic rings. The van der Waals surface area contributed by atoms with Crippen molar-refractivity contribution in [3.63, 3.8) is 0 Å². The molecule has 0 saturated heterocycles. The summed E-state index contributed by atoms with van der Waals surface area (Å²) >= 11 is 0. The van der Waals surface area contributed by atoms with Crippen LogP contribution in [-0.2, 0) is 0 Å². The smallest absolute Gasteiger partial charge is 0.111 e. The molecule has 0 aliphatic heterocycles. The Hall–Kier alpha value is -1.95. The zero-order chi connectivity index (χ0) is 14.5. The normalized spacial score (nSPS) is 10.8. The fourth-order valence-electron chi connectivity index (χ4n) is 3.04. The molecule has 0 amide bonds. The number of benzene rings is 3. The maximum absolute atomic E-state index is 2.32. The van der Waals surface area contributed by atoms with Gasteiger partial charge < -0.3 is 5.48 Å². The van der Waals surface area contributed by atoms with Crippen molar-refractivity contribution in [2.45, 2.75) is 6.92 Å². The third kappa shape index (κ3) is 2.83. The third-order valence-corrected chi connectivity index (χ3v) is 8.55. The summed E-state index contributed by atoms with van der Waals surface area (Å²) < 4.78 is 0. The first-order valence-electron chi connectivity index (χ1n) is 7.43. The van der Waals surface area contributed by atoms with Crippen LogP contribution in [0.15, 0.2) is 91.0 Å². The minimum Gasteiger partial charge on any atom is -0.412 e. The molecule has 0 heterocycles. The fourth-order valence-corrected chi connectivity index (χ4v) is 7.08. The van der Waals surface area contributed by atoms with Crippen LogP contribution in [0.1, 0.15) is 6.92 Å². The van der Waals surface area contributed by atoms with Crippen molar-refractivity contribution in [2.75, 3.05) is 6.16 Å². The lowest BCUT2D eigenvalue weighted by atomic mass is 10.4. The lowest BCUT2D eigenvalue weighted by Crippen LogP contribution is -2.32. The molecule has 1 nitrogen and oxygen atoms in total. The van der Waals surface area contributed by atoms with Gasteiger partial charge in [-0.1, -0.05) is 54.6 Å². The van der Waals surface area contributed by atoms with Crippen molar-refractivity contribution < 1.29 is 5.48 Å². The molecule has 2 N–H and O–H groups in total. The van der Waals surface area contributed by atoms with Gasteiger partial charge in [-0.3, -0.25) is 0 Å². The molecule has 3 aromatic carbocycles. The maximum Gasteiger partial charge on any atom is 0.111 e. The van der Waals surface area contributed by atoms with Gasteiger partial charge in [0.05, 0.1) is 6.16 Å². The van der Waals surface area contributed by atoms with Crippen LogP contribution in [0.3, 0.4) is 0 Å². The molecule has 112 valence electrons. The van der Waals surface area contributed by atoms with Crippen LogP contribution in [0.2, 0.25) is 0 Å². The summed E-state index contributed by atoms with van der Waals surface area (Å²) in [4.78, 5) is 0. The summed E-state index contributed by atoms with van der Waals surface area (Å²) in [5.41, 5.74) is 0. The van der Waals surface area contributed by atoms with Gasteiger partial charge in [-0.05, 0) is 43.3 Å². The molecule has 0 radical (unpaired) electrons. The lowest BCUT2D eigenvalue weighted by molar-refractivity contribution is 0.824. The minimum absolute atomic E-state index is 0. The Kier molecular flexibility index (Phi) is 5.49. The average molecular weight is 309 g/mol. The topological polar surface area (TPSA) is 31.5 Å². The van der Waals surface area contributed by atoms with Crippen molar-refractivity contribution in [3.05, 3.63) is 91.0 Å². The molecule has 0 spiro atoms. The molecule has 0 unspecified atom stereocenters. The molecular weight excluding hydrogens is 287 g/mol. The summed E-state index contributed by atoms with van der Waals surface area (Å²) in [5.74, 6) is 0. The molecule has 0 atom stereocenters. The Bertz CT molecular complexity index is 584. The molecule has 0 fully saturated rings. The molecule has 0 bridgehead atoms. The van der Waals surface area contributed by atoms with Crippen LogP contribution in [0.4, 0.5) is 0 Å². The molecule has 0 aliphatic carbocycles. The second-order valence-corrected chi connectivity index (χ2v) is 8.93. The van der Waals surface area contributed by atoms with E-state index in [1.54, 1.807) is 0 Å². The zero-order valence-corrected chi connectivity index (χ0v) is 13.7. The van der Waals surface area contributed by atoms with Gasteiger partial charge in [-0.25, -0.2) is 0 Å². The van der Waals surface area contributed by atoms with Gasteiger partial charge in [-0.15, -0.1) is 0 Å². The van der Waals surface area contributed by atoms with Crippen LogP contribution in [0, 0.1) is 0 Å². The molecule has 3 rings (SSSR count). The van der Waals surface area contributed by atoms with Crippen LogP contribution in [0.5, 0.6) is 0 Å². The van der Waals surface area contributed by atoms with Crippen LogP contribution in [-0.4, -0.2) is 11.6 Å². The molecule has 0 saturated carbocycles. The third-order valence-electron chi connectivity index (χ3n) is 4.07. The van der Waals surface area contributed by atoms with Gasteiger partial charge >= 0.3 is 0 Å². The van der Waals surface area contributed by atoms with Gasteiger partial charge in [0.2, 0.25) is 0 Å². The monoisotopic (exact) mass is 309 g/mol. The van der Waals surface area contributed by atoms with Gasteiger partial charge in [-0.2, -0.15) is 0 Å². The van der Waals surface area contributed by atoms with Crippen LogP contribution < -0.4 is 15.9 Å². The van der Waals surface area contributed by atoms with Crippen molar-refractivity contribution in [1.82, 2.24) is 0 Å². The predicted octanol–water partition coefficient (Wildman–Crippen LogP) is 3.18. The van der Waals surface area contributed by atoms with Crippen molar-refractivity contribution in [2.24, 2.45) is 0 Å². The fraction of sp³-hybridized carbons (Fsp3) is 0.100. The first kappa shape index (κ1) is 16.4. The number of rotatable bonds is 4. The van der Waals surface area contributed by atoms with E-state index in [-0.39, 0.29) is 5.48 Å². The average Bonchev–Trinajstić information content (AvgIpc) is 2.59. The van der Waals surface area contributed by atoms with E-state index < -0.39 is 7.26 Å². The molecule has 22 heavy (non-hydrogen) atoms. The van der Waals surface area contributed by atoms with E-state index in [9.17, 15) is 0 Å². The summed E-state index contributed by atoms with van der Waals surface area (Å²) in [6.45, 7) is 2.32. The van der Waals surface area contributed by atoms with Gasteiger partial charge in [0.15, 0.2) is 0 Å². The van der Waals surface area contributed by atoms with E-state index in [1.165, 1.54) is 15.9 Å². The quantitative estimate of drug-likeness (QED) is 0.663. The largest absolute Gasteiger partial charge is 0.412 e. The van der Waals surface area contributed by atoms with E-state index in [0.717, 1.165) is 6.16 Å². The highest BCUT2D eigenvalue weighted by atomic mass is 31.2. The number of hydrogen-bond acceptors (Lipinski definition) is 0. The van der Waals surface area contributed by atoms with E-state index >= 15 is 0 Å². The summed E-state index contributed by atoms with van der Waals surface area (Å²) in [5, 5.41) is 4.39. The molecule has 0 aromatic heterocycles. The van der Waals surface area contributed by atoms with Gasteiger partial charge in [0, 0.05) is 0 Å². The van der Waals surface area contributed by atoms with E-state index in [0.29, 0.717) is 0 Å². The highest BCUT2D eigenvalue weighted by Crippen LogP contribution is 2.54. The molecule has 3 aromatic rings. The Morgan fingerprint density at radius 2 is 0.818 bits per heavy atom. The Balaban J connectivity index is 0.00000176. The van der Waals surface area contributed by atoms with Crippen LogP contribution in [0.25, 0.3) is 0 Å². The second-order valence-electron chi connectivity index (χ2n) is 5.13. The molecule has 2 heteroatoms. The first-order valence-corrected chi connectivity index (χ1v) is 9.40. The summed E-state index contributed by atoms with van der Waals surface area (Å²) in [6, 6.07) is 33.0. The summed E-state index contributed by atoms with van der Waals surface area (Å²) in [6.07, 6.45) is 1.14. The zero-order valence-electron chi connectivity index (χ0n) is 12.8. The Labute approximate surface area is 133 Å². The van der Waals surface area contributed by atoms with Crippen molar-refractivity contribution in [3.8, 4) is 0 Å². The van der Waals surface area contributed by atoms with Gasteiger partial charge in [0.1, 0.15) is 23.2 Å². The predicted molar refractivity (Wildman–Crippen MR) is 99.3 cm³/mol. The Morgan fingerprint density at radius 1 is 0.545 bits per heavy atom. The maximum atomic E-state index is 2.32. The van der Waals surface area contributed by atoms with Crippen LogP contribution >= 0.6 is 7.26 Å². The van der Waals surface area contributed by atoms with E-state index in [2.05, 4.69) is 97.9 Å². The highest BCUT2D eigenvalue weighted by Gasteiger charge is 2.43.